The Morgan fingerprint density at radius 1 is 0.638 bits per heavy atom. The van der Waals surface area contributed by atoms with Crippen LogP contribution in [0.4, 0.5) is 38.2 Å². The lowest BCUT2D eigenvalue weighted by Crippen LogP contribution is -2.14. The smallest absolute Gasteiger partial charge is 0.354 e. The van der Waals surface area contributed by atoms with Crippen molar-refractivity contribution in [1.82, 2.24) is 39.0 Å². The standard InChI is InChI=1S/C15H13F3IN5.C15H14F3N5/c1-24-12-10(21-13(24)19)11(15(16,17)18)22-14(23-12)20-8-7-9-5-3-2-4-6-9;1-23-9-20-11-12(15(16,17)18)21-14(22-13(11)23)19-8-7-10-5-3-2-4-6-10/h2-6H,7-8H2,1H3,(H,20,22,23);2-6,9H,7-8H2,1H3,(H,19,21,22). The molecular weight excluding hydrogens is 741 g/mol. The maximum absolute atomic E-state index is 13.3. The Balaban J connectivity index is 0.000000185. The summed E-state index contributed by atoms with van der Waals surface area (Å²) in [5.41, 5.74) is -0.0523. The monoisotopic (exact) mass is 768 g/mol. The van der Waals surface area contributed by atoms with Crippen LogP contribution in [-0.4, -0.2) is 52.1 Å². The van der Waals surface area contributed by atoms with E-state index < -0.39 is 23.7 Å². The molecule has 10 nitrogen and oxygen atoms in total. The number of hydrogen-bond acceptors (Lipinski definition) is 8. The lowest BCUT2D eigenvalue weighted by Gasteiger charge is -2.10. The predicted molar refractivity (Wildman–Crippen MR) is 173 cm³/mol. The first kappa shape index (κ1) is 33.8. The summed E-state index contributed by atoms with van der Waals surface area (Å²) in [4.78, 5) is 23.2. The van der Waals surface area contributed by atoms with Crippen LogP contribution in [0.5, 0.6) is 0 Å². The number of hydrogen-bond donors (Lipinski definition) is 2. The van der Waals surface area contributed by atoms with Crippen LogP contribution in [0, 0.1) is 3.83 Å². The molecule has 2 N–H and O–H groups in total. The second-order valence-corrected chi connectivity index (χ2v) is 11.2. The van der Waals surface area contributed by atoms with Crippen molar-refractivity contribution in [2.45, 2.75) is 25.2 Å². The third kappa shape index (κ3) is 8.25. The summed E-state index contributed by atoms with van der Waals surface area (Å²) >= 11 is 1.87. The zero-order valence-electron chi connectivity index (χ0n) is 24.9. The molecule has 0 aliphatic heterocycles. The van der Waals surface area contributed by atoms with Crippen LogP contribution >= 0.6 is 22.6 Å². The highest BCUT2D eigenvalue weighted by atomic mass is 127. The normalized spacial score (nSPS) is 11.9. The van der Waals surface area contributed by atoms with Gasteiger partial charge in [-0.1, -0.05) is 60.7 Å². The summed E-state index contributed by atoms with van der Waals surface area (Å²) in [7, 11) is 3.22. The number of fused-ring (bicyclic) bond motifs is 2. The van der Waals surface area contributed by atoms with Gasteiger partial charge in [0.25, 0.3) is 0 Å². The lowest BCUT2D eigenvalue weighted by atomic mass is 10.1. The molecular formula is C30H27F6IN10. The van der Waals surface area contributed by atoms with Crippen molar-refractivity contribution in [3.05, 3.63) is 93.3 Å². The fraction of sp³-hybridized carbons (Fsp3) is 0.267. The minimum Gasteiger partial charge on any atom is -0.354 e. The Kier molecular flexibility index (Phi) is 10.1. The van der Waals surface area contributed by atoms with E-state index in [4.69, 9.17) is 0 Å². The van der Waals surface area contributed by atoms with Crippen molar-refractivity contribution in [3.8, 4) is 0 Å². The Labute approximate surface area is 277 Å². The van der Waals surface area contributed by atoms with Crippen LogP contribution < -0.4 is 10.6 Å². The van der Waals surface area contributed by atoms with E-state index >= 15 is 0 Å². The van der Waals surface area contributed by atoms with Gasteiger partial charge in [-0.05, 0) is 24.0 Å². The topological polar surface area (TPSA) is 111 Å². The molecule has 0 fully saturated rings. The highest BCUT2D eigenvalue weighted by molar-refractivity contribution is 14.1. The highest BCUT2D eigenvalue weighted by Crippen LogP contribution is 2.34. The molecule has 6 rings (SSSR count). The third-order valence-electron chi connectivity index (χ3n) is 6.84. The molecule has 2 aromatic carbocycles. The number of nitrogens with zero attached hydrogens (tertiary/aromatic N) is 8. The Morgan fingerprint density at radius 3 is 1.60 bits per heavy atom. The second-order valence-electron chi connectivity index (χ2n) is 10.3. The molecule has 0 bridgehead atoms. The first-order valence-corrected chi connectivity index (χ1v) is 15.2. The number of rotatable bonds is 8. The number of imidazole rings is 2. The number of halogens is 7. The van der Waals surface area contributed by atoms with E-state index in [0.29, 0.717) is 29.8 Å². The Hall–Kier alpha value is -4.55. The van der Waals surface area contributed by atoms with Crippen molar-refractivity contribution < 1.29 is 26.3 Å². The molecule has 47 heavy (non-hydrogen) atoms. The number of aromatic nitrogens is 8. The number of aryl methyl sites for hydroxylation is 2. The maximum atomic E-state index is 13.3. The highest BCUT2D eigenvalue weighted by Gasteiger charge is 2.38. The van der Waals surface area contributed by atoms with Gasteiger partial charge in [0.05, 0.1) is 6.33 Å². The van der Waals surface area contributed by atoms with Gasteiger partial charge in [-0.25, -0.2) is 19.9 Å². The minimum absolute atomic E-state index is 0.0508. The van der Waals surface area contributed by atoms with Crippen LogP contribution in [0.15, 0.2) is 67.0 Å². The van der Waals surface area contributed by atoms with Crippen molar-refractivity contribution in [2.75, 3.05) is 23.7 Å². The van der Waals surface area contributed by atoms with Crippen LogP contribution in [0.2, 0.25) is 0 Å². The number of nitrogens with one attached hydrogen (secondary N) is 2. The van der Waals surface area contributed by atoms with E-state index in [9.17, 15) is 26.3 Å². The van der Waals surface area contributed by atoms with Gasteiger partial charge in [0.15, 0.2) is 26.5 Å². The molecule has 4 heterocycles. The third-order valence-corrected chi connectivity index (χ3v) is 7.81. The summed E-state index contributed by atoms with van der Waals surface area (Å²) in [5, 5.41) is 5.72. The molecule has 0 saturated carbocycles. The Bertz CT molecular complexity index is 1960. The molecule has 0 aliphatic rings. The number of anilines is 2. The molecule has 0 aliphatic carbocycles. The Morgan fingerprint density at radius 2 is 1.11 bits per heavy atom. The molecule has 17 heteroatoms. The second kappa shape index (κ2) is 14.1. The van der Waals surface area contributed by atoms with Gasteiger partial charge >= 0.3 is 12.4 Å². The molecule has 0 radical (unpaired) electrons. The number of benzene rings is 2. The fourth-order valence-electron chi connectivity index (χ4n) is 4.52. The van der Waals surface area contributed by atoms with Gasteiger partial charge in [-0.2, -0.15) is 36.3 Å². The summed E-state index contributed by atoms with van der Waals surface area (Å²) < 4.78 is 82.5. The van der Waals surface area contributed by atoms with Crippen LogP contribution in [0.25, 0.3) is 22.3 Å². The van der Waals surface area contributed by atoms with Crippen molar-refractivity contribution in [2.24, 2.45) is 14.1 Å². The van der Waals surface area contributed by atoms with Gasteiger partial charge in [-0.15, -0.1) is 0 Å². The van der Waals surface area contributed by atoms with Crippen molar-refractivity contribution in [3.63, 3.8) is 0 Å². The SMILES string of the molecule is Cn1c(I)nc2c(C(F)(F)F)nc(NCCc3ccccc3)nc21.Cn1cnc2c(C(F)(F)F)nc(NCCc3ccccc3)nc21. The molecule has 4 aromatic heterocycles. The van der Waals surface area contributed by atoms with E-state index in [-0.39, 0.29) is 34.2 Å². The lowest BCUT2D eigenvalue weighted by molar-refractivity contribution is -0.140. The predicted octanol–water partition coefficient (Wildman–Crippen LogP) is 6.68. The number of alkyl halides is 6. The summed E-state index contributed by atoms with van der Waals surface area (Å²) in [6.07, 6.45) is -6.55. The largest absolute Gasteiger partial charge is 0.435 e. The first-order chi connectivity index (χ1) is 22.3. The van der Waals surface area contributed by atoms with Crippen molar-refractivity contribution >= 4 is 56.8 Å². The first-order valence-electron chi connectivity index (χ1n) is 14.1. The molecule has 0 saturated heterocycles. The van der Waals surface area contributed by atoms with Gasteiger partial charge in [-0.3, -0.25) is 0 Å². The van der Waals surface area contributed by atoms with Crippen LogP contribution in [0.3, 0.4) is 0 Å². The summed E-state index contributed by atoms with van der Waals surface area (Å²) in [6, 6.07) is 19.3. The average molecular weight is 769 g/mol. The van der Waals surface area contributed by atoms with Crippen LogP contribution in [-0.2, 0) is 39.3 Å². The van der Waals surface area contributed by atoms with Crippen molar-refractivity contribution in [1.29, 1.82) is 0 Å². The van der Waals surface area contributed by atoms with E-state index in [1.165, 1.54) is 15.5 Å². The minimum atomic E-state index is -4.59. The molecule has 246 valence electrons. The van der Waals surface area contributed by atoms with Gasteiger partial charge in [0.1, 0.15) is 11.0 Å². The molecule has 0 spiro atoms. The zero-order valence-corrected chi connectivity index (χ0v) is 27.1. The fourth-order valence-corrected chi connectivity index (χ4v) is 4.99. The van der Waals surface area contributed by atoms with E-state index in [1.807, 2.05) is 83.3 Å². The molecule has 0 amide bonds. The van der Waals surface area contributed by atoms with E-state index in [1.54, 1.807) is 14.1 Å². The van der Waals surface area contributed by atoms with E-state index in [0.717, 1.165) is 11.1 Å². The van der Waals surface area contributed by atoms with Gasteiger partial charge in [0, 0.05) is 49.8 Å². The summed E-state index contributed by atoms with van der Waals surface area (Å²) in [6.45, 7) is 0.867. The average Bonchev–Trinajstić information content (AvgIpc) is 3.54. The quantitative estimate of drug-likeness (QED) is 0.100. The van der Waals surface area contributed by atoms with Gasteiger partial charge < -0.3 is 19.8 Å². The van der Waals surface area contributed by atoms with E-state index in [2.05, 4.69) is 40.5 Å². The van der Waals surface area contributed by atoms with Gasteiger partial charge in [0.2, 0.25) is 11.9 Å². The van der Waals surface area contributed by atoms with Crippen LogP contribution in [0.1, 0.15) is 22.5 Å². The molecule has 0 unspecified atom stereocenters. The summed E-state index contributed by atoms with van der Waals surface area (Å²) in [5.74, 6) is -0.102. The maximum Gasteiger partial charge on any atom is 0.435 e. The molecule has 6 aromatic rings. The zero-order chi connectivity index (χ0) is 33.8. The molecule has 0 atom stereocenters.